The van der Waals surface area contributed by atoms with Gasteiger partial charge in [-0.25, -0.2) is 19.0 Å². The average Bonchev–Trinajstić information content (AvgIpc) is 1.79. The first-order valence-electron chi connectivity index (χ1n) is 32.2. The van der Waals surface area contributed by atoms with Crippen LogP contribution in [-0.2, 0) is 0 Å². The number of nitrogens with zero attached hydrogens (tertiary/aromatic N) is 11. The van der Waals surface area contributed by atoms with Gasteiger partial charge in [0.05, 0.1) is 23.8 Å². The van der Waals surface area contributed by atoms with Crippen molar-refractivity contribution in [1.82, 2.24) is 48.8 Å². The molecule has 2 unspecified atom stereocenters. The summed E-state index contributed by atoms with van der Waals surface area (Å²) in [5.74, 6) is 0.0983. The van der Waals surface area contributed by atoms with Crippen molar-refractivity contribution in [3.63, 3.8) is 0 Å². The first-order chi connectivity index (χ1) is 44.2. The van der Waals surface area contributed by atoms with E-state index in [-0.39, 0.29) is 24.6 Å². The second-order valence-electron chi connectivity index (χ2n) is 24.5. The zero-order valence-corrected chi connectivity index (χ0v) is 55.4. The van der Waals surface area contributed by atoms with Gasteiger partial charge in [0.2, 0.25) is 0 Å². The van der Waals surface area contributed by atoms with E-state index in [0.29, 0.717) is 51.7 Å². The Balaban J connectivity index is 0.000000153. The number of imidazole rings is 2. The maximum absolute atomic E-state index is 12.6. The van der Waals surface area contributed by atoms with Gasteiger partial charge in [0, 0.05) is 114 Å². The summed E-state index contributed by atoms with van der Waals surface area (Å²) in [6, 6.07) is 37.8. The summed E-state index contributed by atoms with van der Waals surface area (Å²) < 4.78 is 85.6. The van der Waals surface area contributed by atoms with E-state index < -0.39 is 12.7 Å². The van der Waals surface area contributed by atoms with Gasteiger partial charge in [-0.1, -0.05) is 132 Å². The highest BCUT2D eigenvalue weighted by Crippen LogP contribution is 2.56. The van der Waals surface area contributed by atoms with Crippen LogP contribution in [-0.4, -0.2) is 179 Å². The predicted molar refractivity (Wildman–Crippen MR) is 361 cm³/mol. The van der Waals surface area contributed by atoms with E-state index in [4.69, 9.17) is 17.3 Å². The summed E-state index contributed by atoms with van der Waals surface area (Å²) in [7, 11) is 8.57. The van der Waals surface area contributed by atoms with Crippen molar-refractivity contribution in [2.75, 3.05) is 104 Å². The van der Waals surface area contributed by atoms with Gasteiger partial charge in [-0.05, 0) is 130 Å². The molecule has 23 heteroatoms. The fraction of sp³-hybridized carbons (Fsp3) is 0.478. The largest absolute Gasteiger partial charge is 0.573 e. The Bertz CT molecular complexity index is 3540. The van der Waals surface area contributed by atoms with Crippen LogP contribution in [0.15, 0.2) is 134 Å². The molecule has 92 heavy (non-hydrogen) atoms. The topological polar surface area (TPSA) is 133 Å². The number of halogens is 7. The van der Waals surface area contributed by atoms with Crippen molar-refractivity contribution in [2.24, 2.45) is 5.73 Å². The van der Waals surface area contributed by atoms with Gasteiger partial charge in [0.15, 0.2) is 11.3 Å². The third-order valence-electron chi connectivity index (χ3n) is 17.8. The SMILES string of the molecule is CC(CN)N1CCN(C)CC1.CCC(CNc1ccc2ncc(-c3cccc(OC(F)(F)F)c3)n2n1)N1CCN(C)CC1.CN(C)c1ccccc1-c1ccccc1P(C1CCCCC1)C1CCCCC1.FC(F)(F)Oc1cccc(-c2cnc3ccc(Cl)nn23)c1. The van der Waals surface area contributed by atoms with Gasteiger partial charge in [0.1, 0.15) is 22.5 Å². The van der Waals surface area contributed by atoms with E-state index in [1.807, 2.05) is 12.1 Å². The van der Waals surface area contributed by atoms with E-state index in [9.17, 15) is 26.3 Å². The highest BCUT2D eigenvalue weighted by Gasteiger charge is 2.35. The number of para-hydroxylation sites is 1. The van der Waals surface area contributed by atoms with Crippen molar-refractivity contribution >= 4 is 47.6 Å². The Morgan fingerprint density at radius 3 is 1.61 bits per heavy atom. The number of likely N-dealkylation sites (N-methyl/N-ethyl adjacent to an activating group) is 2. The maximum atomic E-state index is 12.6. The molecule has 4 aliphatic rings. The Morgan fingerprint density at radius 2 is 1.10 bits per heavy atom. The molecule has 8 aromatic rings. The lowest BCUT2D eigenvalue weighted by Gasteiger charge is -2.39. The number of rotatable bonds is 16. The molecule has 0 bridgehead atoms. The van der Waals surface area contributed by atoms with Crippen LogP contribution in [0.4, 0.5) is 37.8 Å². The quantitative estimate of drug-likeness (QED) is 0.0703. The molecule has 2 saturated carbocycles. The normalized spacial score (nSPS) is 17.4. The van der Waals surface area contributed by atoms with Gasteiger partial charge < -0.3 is 35.2 Å². The van der Waals surface area contributed by atoms with Crippen molar-refractivity contribution in [3.05, 3.63) is 139 Å². The number of hydrogen-bond acceptors (Lipinski definition) is 13. The van der Waals surface area contributed by atoms with Crippen LogP contribution in [0.25, 0.3) is 44.9 Å². The van der Waals surface area contributed by atoms with E-state index in [2.05, 4.69) is 150 Å². The molecule has 2 atom stereocenters. The minimum absolute atomic E-state index is 0.0867. The molecule has 4 aromatic heterocycles. The van der Waals surface area contributed by atoms with Crippen LogP contribution in [0.1, 0.15) is 84.5 Å². The van der Waals surface area contributed by atoms with Crippen LogP contribution in [0, 0.1) is 0 Å². The highest BCUT2D eigenvalue weighted by molar-refractivity contribution is 7.67. The molecule has 4 fully saturated rings. The predicted octanol–water partition coefficient (Wildman–Crippen LogP) is 14.5. The Labute approximate surface area is 544 Å². The van der Waals surface area contributed by atoms with E-state index >= 15 is 0 Å². The third kappa shape index (κ3) is 19.5. The molecule has 15 nitrogen and oxygen atoms in total. The molecule has 4 aromatic carbocycles. The zero-order chi connectivity index (χ0) is 65.4. The van der Waals surface area contributed by atoms with Crippen molar-refractivity contribution < 1.29 is 35.8 Å². The van der Waals surface area contributed by atoms with Gasteiger partial charge in [-0.15, -0.1) is 31.4 Å². The molecule has 6 heterocycles. The third-order valence-corrected chi connectivity index (χ3v) is 21.5. The minimum Gasteiger partial charge on any atom is -0.406 e. The number of ether oxygens (including phenoxy) is 2. The minimum atomic E-state index is -4.74. The molecule has 2 aliphatic carbocycles. The number of nitrogens with one attached hydrogen (secondary N) is 1. The lowest BCUT2D eigenvalue weighted by Crippen LogP contribution is -2.50. The molecular formula is C69H89ClF6N13O2P. The fourth-order valence-corrected chi connectivity index (χ4v) is 16.8. The number of benzene rings is 4. The number of nitrogens with two attached hydrogens (primary N) is 1. The van der Waals surface area contributed by atoms with Gasteiger partial charge in [-0.2, -0.15) is 5.10 Å². The Hall–Kier alpha value is -6.58. The maximum Gasteiger partial charge on any atom is 0.573 e. The monoisotopic (exact) mass is 1310 g/mol. The molecular weight excluding hydrogens is 1220 g/mol. The Kier molecular flexibility index (Phi) is 25.0. The van der Waals surface area contributed by atoms with Crippen LogP contribution < -0.4 is 30.7 Å². The molecule has 3 N–H and O–H groups in total. The summed E-state index contributed by atoms with van der Waals surface area (Å²) >= 11 is 5.82. The summed E-state index contributed by atoms with van der Waals surface area (Å²) in [6.45, 7) is 14.9. The fourth-order valence-electron chi connectivity index (χ4n) is 12.7. The van der Waals surface area contributed by atoms with Crippen molar-refractivity contribution in [2.45, 2.75) is 121 Å². The summed E-state index contributed by atoms with van der Waals surface area (Å²) in [5, 5.41) is 14.1. The molecule has 0 radical (unpaired) electrons. The zero-order valence-electron chi connectivity index (χ0n) is 53.8. The molecule has 0 amide bonds. The molecule has 2 aliphatic heterocycles. The molecule has 2 saturated heterocycles. The second kappa shape index (κ2) is 33.0. The lowest BCUT2D eigenvalue weighted by molar-refractivity contribution is -0.275. The van der Waals surface area contributed by atoms with E-state index in [0.717, 1.165) is 57.0 Å². The molecule has 0 spiro atoms. The number of aromatic nitrogens is 6. The number of fused-ring (bicyclic) bond motifs is 2. The number of hydrogen-bond donors (Lipinski definition) is 2. The summed E-state index contributed by atoms with van der Waals surface area (Å²) in [4.78, 5) is 20.4. The standard InChI is InChI=1S/C26H36NP.C22H27F3N6O.C13H7ClF3N3O.C8H19N3/c1-27(2)25-19-11-9-17-23(25)24-18-10-12-20-26(24)28(21-13-5-3-6-14-21)22-15-7-4-8-16-22;1-3-17(30-11-9-29(2)10-12-30)14-26-20-7-8-21-27-15-19(31(21)28-20)16-5-4-6-18(13-16)32-22(23,24)25;14-11-4-5-12-18-7-10(20(12)19-11)8-2-1-3-9(6-8)21-13(15,16)17;1-8(7-9)11-5-3-10(2)4-6-11/h9-12,17-22H,3-8,13-16H2,1-2H3;4-8,13,15,17H,3,9-12,14H2,1-2H3,(H,26,28);1-7H;8H,3-7,9H2,1-2H3. The summed E-state index contributed by atoms with van der Waals surface area (Å²) in [6.07, 6.45) is 9.22. The van der Waals surface area contributed by atoms with Crippen LogP contribution in [0.3, 0.4) is 0 Å². The van der Waals surface area contributed by atoms with Crippen molar-refractivity contribution in [1.29, 1.82) is 0 Å². The number of alkyl halides is 6. The van der Waals surface area contributed by atoms with Crippen LogP contribution in [0.5, 0.6) is 11.5 Å². The summed E-state index contributed by atoms with van der Waals surface area (Å²) in [5.41, 5.74) is 15.0. The molecule has 12 rings (SSSR count). The average molecular weight is 1310 g/mol. The molecule has 496 valence electrons. The lowest BCUT2D eigenvalue weighted by atomic mass is 9.99. The van der Waals surface area contributed by atoms with E-state index in [1.54, 1.807) is 40.3 Å². The second-order valence-corrected chi connectivity index (χ2v) is 27.6. The van der Waals surface area contributed by atoms with Gasteiger partial charge in [0.25, 0.3) is 0 Å². The first-order valence-corrected chi connectivity index (χ1v) is 34.1. The smallest absolute Gasteiger partial charge is 0.406 e. The Morgan fingerprint density at radius 1 is 0.609 bits per heavy atom. The number of piperazine rings is 2. The highest BCUT2D eigenvalue weighted by atomic mass is 35.5. The van der Waals surface area contributed by atoms with Crippen molar-refractivity contribution in [3.8, 4) is 45.1 Å². The first kappa shape index (κ1) is 69.8. The van der Waals surface area contributed by atoms with E-state index in [1.165, 1.54) is 154 Å². The van der Waals surface area contributed by atoms with Crippen LogP contribution in [0.2, 0.25) is 5.15 Å². The number of anilines is 2. The van der Waals surface area contributed by atoms with Crippen LogP contribution >= 0.6 is 19.5 Å². The van der Waals surface area contributed by atoms with Gasteiger partial charge in [-0.3, -0.25) is 9.80 Å². The van der Waals surface area contributed by atoms with Gasteiger partial charge >= 0.3 is 12.7 Å².